The van der Waals surface area contributed by atoms with Gasteiger partial charge in [0, 0.05) is 5.92 Å². The summed E-state index contributed by atoms with van der Waals surface area (Å²) in [6, 6.07) is 11.3. The van der Waals surface area contributed by atoms with Gasteiger partial charge < -0.3 is 0 Å². The zero-order valence-corrected chi connectivity index (χ0v) is 9.87. The molecule has 0 heterocycles. The lowest BCUT2D eigenvalue weighted by atomic mass is 9.92. The molecule has 2 rings (SSSR count). The third kappa shape index (κ3) is 2.70. The van der Waals surface area contributed by atoms with Crippen LogP contribution in [0.4, 0.5) is 8.78 Å². The van der Waals surface area contributed by atoms with E-state index < -0.39 is 0 Å². The minimum Gasteiger partial charge on any atom is -0.207 e. The van der Waals surface area contributed by atoms with Crippen LogP contribution in [0.15, 0.2) is 42.5 Å². The maximum atomic E-state index is 13.3. The third-order valence-electron chi connectivity index (χ3n) is 2.93. The fourth-order valence-corrected chi connectivity index (χ4v) is 1.96. The Morgan fingerprint density at radius 2 is 1.47 bits per heavy atom. The zero-order valence-electron chi connectivity index (χ0n) is 9.87. The van der Waals surface area contributed by atoms with Gasteiger partial charge in [0.15, 0.2) is 0 Å². The van der Waals surface area contributed by atoms with Crippen LogP contribution in [-0.4, -0.2) is 0 Å². The Labute approximate surface area is 99.9 Å². The van der Waals surface area contributed by atoms with Crippen LogP contribution < -0.4 is 0 Å². The molecule has 1 unspecified atom stereocenters. The van der Waals surface area contributed by atoms with Crippen LogP contribution >= 0.6 is 0 Å². The van der Waals surface area contributed by atoms with E-state index in [1.165, 1.54) is 24.3 Å². The first-order valence-corrected chi connectivity index (χ1v) is 5.59. The first-order chi connectivity index (χ1) is 8.06. The molecule has 0 amide bonds. The summed E-state index contributed by atoms with van der Waals surface area (Å²) in [6.07, 6.45) is 0. The Bertz CT molecular complexity index is 495. The summed E-state index contributed by atoms with van der Waals surface area (Å²) in [5.74, 6) is -0.421. The quantitative estimate of drug-likeness (QED) is 0.718. The smallest absolute Gasteiger partial charge is 0.123 e. The van der Waals surface area contributed by atoms with Crippen LogP contribution in [0.5, 0.6) is 0 Å². The fraction of sp³-hybridized carbons (Fsp3) is 0.200. The molecule has 0 aromatic heterocycles. The Hall–Kier alpha value is -1.70. The molecule has 0 spiro atoms. The van der Waals surface area contributed by atoms with Crippen molar-refractivity contribution in [2.24, 2.45) is 0 Å². The van der Waals surface area contributed by atoms with Gasteiger partial charge >= 0.3 is 0 Å². The number of benzene rings is 2. The van der Waals surface area contributed by atoms with Crippen molar-refractivity contribution in [3.05, 3.63) is 70.8 Å². The van der Waals surface area contributed by atoms with E-state index in [2.05, 4.69) is 0 Å². The Balaban J connectivity index is 2.36. The minimum absolute atomic E-state index is 0.0602. The maximum Gasteiger partial charge on any atom is 0.123 e. The summed E-state index contributed by atoms with van der Waals surface area (Å²) in [4.78, 5) is 0. The number of rotatable bonds is 2. The van der Waals surface area contributed by atoms with Gasteiger partial charge in [-0.2, -0.15) is 0 Å². The first kappa shape index (κ1) is 11.8. The van der Waals surface area contributed by atoms with Gasteiger partial charge in [-0.25, -0.2) is 8.78 Å². The van der Waals surface area contributed by atoms with Crippen LogP contribution in [-0.2, 0) is 0 Å². The maximum absolute atomic E-state index is 13.3. The molecule has 2 aromatic carbocycles. The van der Waals surface area contributed by atoms with Gasteiger partial charge in [0.2, 0.25) is 0 Å². The lowest BCUT2D eigenvalue weighted by molar-refractivity contribution is 0.621. The second-order valence-corrected chi connectivity index (χ2v) is 4.34. The topological polar surface area (TPSA) is 0 Å². The molecule has 2 aromatic rings. The summed E-state index contributed by atoms with van der Waals surface area (Å²) >= 11 is 0. The van der Waals surface area contributed by atoms with Gasteiger partial charge in [-0.05, 0) is 47.9 Å². The molecule has 17 heavy (non-hydrogen) atoms. The lowest BCUT2D eigenvalue weighted by Crippen LogP contribution is -1.97. The van der Waals surface area contributed by atoms with Crippen LogP contribution in [0.3, 0.4) is 0 Å². The van der Waals surface area contributed by atoms with E-state index in [1.807, 2.05) is 19.9 Å². The van der Waals surface area contributed by atoms with Gasteiger partial charge in [0.05, 0.1) is 0 Å². The van der Waals surface area contributed by atoms with Crippen molar-refractivity contribution < 1.29 is 8.78 Å². The highest BCUT2D eigenvalue weighted by atomic mass is 19.1. The molecule has 1 atom stereocenters. The molecule has 0 aliphatic carbocycles. The highest BCUT2D eigenvalue weighted by Gasteiger charge is 2.10. The monoisotopic (exact) mass is 232 g/mol. The summed E-state index contributed by atoms with van der Waals surface area (Å²) in [5, 5.41) is 0. The van der Waals surface area contributed by atoms with E-state index in [0.29, 0.717) is 0 Å². The van der Waals surface area contributed by atoms with Gasteiger partial charge in [0.1, 0.15) is 11.6 Å². The molecule has 0 aliphatic rings. The first-order valence-electron chi connectivity index (χ1n) is 5.59. The van der Waals surface area contributed by atoms with Crippen LogP contribution in [0.2, 0.25) is 0 Å². The number of hydrogen-bond donors (Lipinski definition) is 0. The molecular weight excluding hydrogens is 218 g/mol. The molecule has 0 N–H and O–H groups in total. The highest BCUT2D eigenvalue weighted by molar-refractivity contribution is 5.34. The molecular formula is C15H14F2. The zero-order chi connectivity index (χ0) is 12.4. The van der Waals surface area contributed by atoms with Crippen molar-refractivity contribution in [2.75, 3.05) is 0 Å². The largest absolute Gasteiger partial charge is 0.207 e. The molecule has 0 nitrogen and oxygen atoms in total. The predicted octanol–water partition coefficient (Wildman–Crippen LogP) is 4.43. The summed E-state index contributed by atoms with van der Waals surface area (Å²) in [5.41, 5.74) is 2.79. The molecule has 0 radical (unpaired) electrons. The SMILES string of the molecule is Cc1cc(F)cc(C(C)c2ccc(F)cc2)c1. The Kier molecular flexibility index (Phi) is 3.23. The average Bonchev–Trinajstić information content (AvgIpc) is 2.28. The van der Waals surface area contributed by atoms with E-state index in [4.69, 9.17) is 0 Å². The highest BCUT2D eigenvalue weighted by Crippen LogP contribution is 2.25. The van der Waals surface area contributed by atoms with Gasteiger partial charge in [-0.15, -0.1) is 0 Å². The molecule has 0 bridgehead atoms. The van der Waals surface area contributed by atoms with Gasteiger partial charge in [-0.1, -0.05) is 25.1 Å². The van der Waals surface area contributed by atoms with Crippen LogP contribution in [0, 0.1) is 18.6 Å². The number of hydrogen-bond acceptors (Lipinski definition) is 0. The second-order valence-electron chi connectivity index (χ2n) is 4.34. The van der Waals surface area contributed by atoms with Crippen LogP contribution in [0.25, 0.3) is 0 Å². The van der Waals surface area contributed by atoms with Gasteiger partial charge in [0.25, 0.3) is 0 Å². The standard InChI is InChI=1S/C15H14F2/c1-10-7-13(9-15(17)8-10)11(2)12-3-5-14(16)6-4-12/h3-9,11H,1-2H3. The van der Waals surface area contributed by atoms with Gasteiger partial charge in [-0.3, -0.25) is 0 Å². The normalized spacial score (nSPS) is 12.5. The second kappa shape index (κ2) is 4.66. The molecule has 2 heteroatoms. The van der Waals surface area contributed by atoms with Crippen molar-refractivity contribution in [2.45, 2.75) is 19.8 Å². The van der Waals surface area contributed by atoms with Crippen molar-refractivity contribution in [3.63, 3.8) is 0 Å². The van der Waals surface area contributed by atoms with E-state index in [-0.39, 0.29) is 17.6 Å². The van der Waals surface area contributed by atoms with E-state index >= 15 is 0 Å². The Morgan fingerprint density at radius 3 is 2.06 bits per heavy atom. The van der Waals surface area contributed by atoms with Crippen LogP contribution in [0.1, 0.15) is 29.5 Å². The van der Waals surface area contributed by atoms with E-state index in [0.717, 1.165) is 16.7 Å². The van der Waals surface area contributed by atoms with Crippen molar-refractivity contribution in [3.8, 4) is 0 Å². The summed E-state index contributed by atoms with van der Waals surface area (Å²) < 4.78 is 26.1. The molecule has 0 saturated heterocycles. The lowest BCUT2D eigenvalue weighted by Gasteiger charge is -2.13. The molecule has 0 fully saturated rings. The number of halogens is 2. The molecule has 0 aliphatic heterocycles. The van der Waals surface area contributed by atoms with E-state index in [1.54, 1.807) is 12.1 Å². The molecule has 88 valence electrons. The average molecular weight is 232 g/mol. The fourth-order valence-electron chi connectivity index (χ4n) is 1.96. The Morgan fingerprint density at radius 1 is 0.824 bits per heavy atom. The van der Waals surface area contributed by atoms with Crippen molar-refractivity contribution in [1.29, 1.82) is 0 Å². The van der Waals surface area contributed by atoms with Crippen molar-refractivity contribution >= 4 is 0 Å². The summed E-state index contributed by atoms with van der Waals surface area (Å²) in [7, 11) is 0. The van der Waals surface area contributed by atoms with Crippen molar-refractivity contribution in [1.82, 2.24) is 0 Å². The molecule has 0 saturated carbocycles. The third-order valence-corrected chi connectivity index (χ3v) is 2.93. The minimum atomic E-state index is -0.253. The van der Waals surface area contributed by atoms with E-state index in [9.17, 15) is 8.78 Å². The number of aryl methyl sites for hydroxylation is 1. The summed E-state index contributed by atoms with van der Waals surface area (Å²) in [6.45, 7) is 3.85. The predicted molar refractivity (Wildman–Crippen MR) is 65.1 cm³/mol.